The van der Waals surface area contributed by atoms with Crippen LogP contribution in [-0.2, 0) is 4.79 Å². The maximum Gasteiger partial charge on any atom is 0.321 e. The largest absolute Gasteiger partial charge is 0.493 e. The van der Waals surface area contributed by atoms with Crippen LogP contribution in [0.2, 0.25) is 0 Å². The molecule has 2 aromatic carbocycles. The second-order valence-corrected chi connectivity index (χ2v) is 7.31. The van der Waals surface area contributed by atoms with Gasteiger partial charge in [-0.15, -0.1) is 0 Å². The van der Waals surface area contributed by atoms with Gasteiger partial charge in [-0.2, -0.15) is 0 Å². The summed E-state index contributed by atoms with van der Waals surface area (Å²) >= 11 is 0. The summed E-state index contributed by atoms with van der Waals surface area (Å²) in [6, 6.07) is 13.2. The van der Waals surface area contributed by atoms with Gasteiger partial charge in [0.1, 0.15) is 5.75 Å². The first-order valence-electron chi connectivity index (χ1n) is 10.5. The van der Waals surface area contributed by atoms with Crippen molar-refractivity contribution in [3.63, 3.8) is 0 Å². The normalized spacial score (nSPS) is 11.5. The van der Waals surface area contributed by atoms with E-state index >= 15 is 0 Å². The third kappa shape index (κ3) is 6.51. The van der Waals surface area contributed by atoms with Crippen molar-refractivity contribution in [1.29, 1.82) is 0 Å². The summed E-state index contributed by atoms with van der Waals surface area (Å²) in [5.41, 5.74) is 3.97. The molecule has 2 aromatic rings. The number of aryl methyl sites for hydroxylation is 1. The van der Waals surface area contributed by atoms with Crippen LogP contribution in [0, 0.1) is 13.8 Å². The molecular weight excluding hydrogens is 378 g/mol. The van der Waals surface area contributed by atoms with Crippen LogP contribution in [0.15, 0.2) is 42.5 Å². The molecule has 0 aliphatic carbocycles. The van der Waals surface area contributed by atoms with Crippen molar-refractivity contribution in [1.82, 2.24) is 10.2 Å². The number of benzene rings is 2. The zero-order valence-corrected chi connectivity index (χ0v) is 18.6. The molecule has 3 amide bonds. The fourth-order valence-corrected chi connectivity index (χ4v) is 3.10. The molecular formula is C24H33N3O3. The average molecular weight is 412 g/mol. The van der Waals surface area contributed by atoms with Gasteiger partial charge in [0.15, 0.2) is 0 Å². The van der Waals surface area contributed by atoms with Crippen LogP contribution in [0.4, 0.5) is 10.5 Å². The van der Waals surface area contributed by atoms with E-state index in [1.807, 2.05) is 77.1 Å². The van der Waals surface area contributed by atoms with Crippen LogP contribution in [-0.4, -0.2) is 36.5 Å². The molecule has 0 fully saturated rings. The highest BCUT2D eigenvalue weighted by molar-refractivity contribution is 5.89. The van der Waals surface area contributed by atoms with E-state index in [-0.39, 0.29) is 24.4 Å². The van der Waals surface area contributed by atoms with E-state index in [0.29, 0.717) is 19.7 Å². The Morgan fingerprint density at radius 3 is 2.33 bits per heavy atom. The number of carbonyl (C=O) groups excluding carboxylic acids is 2. The lowest BCUT2D eigenvalue weighted by Crippen LogP contribution is -2.34. The van der Waals surface area contributed by atoms with Crippen molar-refractivity contribution < 1.29 is 14.3 Å². The number of nitrogens with zero attached hydrogens (tertiary/aromatic N) is 1. The van der Waals surface area contributed by atoms with Crippen LogP contribution in [0.5, 0.6) is 5.75 Å². The standard InChI is InChI=1S/C24H33N3O3/c1-6-27(7-2)24(29)26-21-13-11-20(12-14-21)19(5)25-23(28)15-16-30-22-10-8-9-17(3)18(22)4/h8-14,19H,6-7,15-16H2,1-5H3,(H,25,28)(H,26,29)/t19-/m0/s1. The first-order valence-corrected chi connectivity index (χ1v) is 10.5. The molecule has 0 heterocycles. The predicted molar refractivity (Wildman–Crippen MR) is 121 cm³/mol. The number of urea groups is 1. The summed E-state index contributed by atoms with van der Waals surface area (Å²) in [7, 11) is 0. The lowest BCUT2D eigenvalue weighted by atomic mass is 10.1. The summed E-state index contributed by atoms with van der Waals surface area (Å²) in [5, 5.41) is 5.88. The van der Waals surface area contributed by atoms with Gasteiger partial charge in [0, 0.05) is 18.8 Å². The second-order valence-electron chi connectivity index (χ2n) is 7.31. The lowest BCUT2D eigenvalue weighted by Gasteiger charge is -2.20. The fraction of sp³-hybridized carbons (Fsp3) is 0.417. The van der Waals surface area contributed by atoms with E-state index in [1.165, 1.54) is 5.56 Å². The van der Waals surface area contributed by atoms with E-state index < -0.39 is 0 Å². The Labute approximate surface area is 179 Å². The SMILES string of the molecule is CCN(CC)C(=O)Nc1ccc([C@H](C)NC(=O)CCOc2cccc(C)c2C)cc1. The van der Waals surface area contributed by atoms with Crippen LogP contribution >= 0.6 is 0 Å². The maximum atomic E-state index is 12.3. The molecule has 0 aromatic heterocycles. The topological polar surface area (TPSA) is 70.7 Å². The van der Waals surface area contributed by atoms with Gasteiger partial charge in [0.05, 0.1) is 19.1 Å². The Bertz CT molecular complexity index is 845. The smallest absolute Gasteiger partial charge is 0.321 e. The Kier molecular flexibility index (Phi) is 8.71. The van der Waals surface area contributed by atoms with Crippen molar-refractivity contribution in [3.8, 4) is 5.75 Å². The van der Waals surface area contributed by atoms with E-state index in [2.05, 4.69) is 10.6 Å². The van der Waals surface area contributed by atoms with E-state index in [0.717, 1.165) is 22.6 Å². The molecule has 162 valence electrons. The summed E-state index contributed by atoms with van der Waals surface area (Å²) in [4.78, 5) is 26.1. The number of hydrogen-bond acceptors (Lipinski definition) is 3. The van der Waals surface area contributed by atoms with Crippen molar-refractivity contribution in [2.75, 3.05) is 25.0 Å². The van der Waals surface area contributed by atoms with Crippen LogP contribution in [0.1, 0.15) is 49.9 Å². The molecule has 6 heteroatoms. The van der Waals surface area contributed by atoms with Gasteiger partial charge in [0.2, 0.25) is 5.91 Å². The van der Waals surface area contributed by atoms with Crippen LogP contribution in [0.3, 0.4) is 0 Å². The first kappa shape index (κ1) is 23.3. The molecule has 0 saturated carbocycles. The van der Waals surface area contributed by atoms with Crippen LogP contribution < -0.4 is 15.4 Å². The lowest BCUT2D eigenvalue weighted by molar-refractivity contribution is -0.122. The summed E-state index contributed by atoms with van der Waals surface area (Å²) in [6.07, 6.45) is 0.287. The number of carbonyl (C=O) groups is 2. The molecule has 0 unspecified atom stereocenters. The molecule has 6 nitrogen and oxygen atoms in total. The Hall–Kier alpha value is -3.02. The third-order valence-electron chi connectivity index (χ3n) is 5.23. The molecule has 2 N–H and O–H groups in total. The number of rotatable bonds is 9. The second kappa shape index (κ2) is 11.2. The maximum absolute atomic E-state index is 12.3. The summed E-state index contributed by atoms with van der Waals surface area (Å²) in [5.74, 6) is 0.755. The van der Waals surface area contributed by atoms with E-state index in [1.54, 1.807) is 4.90 Å². The molecule has 0 aliphatic rings. The van der Waals surface area contributed by atoms with Crippen LogP contribution in [0.25, 0.3) is 0 Å². The van der Waals surface area contributed by atoms with Gasteiger partial charge in [-0.3, -0.25) is 4.79 Å². The number of hydrogen-bond donors (Lipinski definition) is 2. The summed E-state index contributed by atoms with van der Waals surface area (Å²) < 4.78 is 5.76. The van der Waals surface area contributed by atoms with Crippen molar-refractivity contribution in [2.24, 2.45) is 0 Å². The molecule has 30 heavy (non-hydrogen) atoms. The number of nitrogens with one attached hydrogen (secondary N) is 2. The summed E-state index contributed by atoms with van der Waals surface area (Å²) in [6.45, 7) is 11.5. The number of anilines is 1. The highest BCUT2D eigenvalue weighted by atomic mass is 16.5. The molecule has 0 bridgehead atoms. The molecule has 0 spiro atoms. The van der Waals surface area contributed by atoms with Gasteiger partial charge in [-0.25, -0.2) is 4.79 Å². The van der Waals surface area contributed by atoms with Gasteiger partial charge in [0.25, 0.3) is 0 Å². The minimum Gasteiger partial charge on any atom is -0.493 e. The molecule has 0 aliphatic heterocycles. The Balaban J connectivity index is 1.82. The van der Waals surface area contributed by atoms with Crippen molar-refractivity contribution in [2.45, 2.75) is 47.1 Å². The minimum absolute atomic E-state index is 0.0632. The predicted octanol–water partition coefficient (Wildman–Crippen LogP) is 4.82. The Morgan fingerprint density at radius 1 is 1.03 bits per heavy atom. The number of amides is 3. The highest BCUT2D eigenvalue weighted by Crippen LogP contribution is 2.21. The zero-order chi connectivity index (χ0) is 22.1. The van der Waals surface area contributed by atoms with Crippen molar-refractivity contribution in [3.05, 3.63) is 59.2 Å². The fourth-order valence-electron chi connectivity index (χ4n) is 3.10. The van der Waals surface area contributed by atoms with E-state index in [9.17, 15) is 9.59 Å². The van der Waals surface area contributed by atoms with Gasteiger partial charge >= 0.3 is 6.03 Å². The average Bonchev–Trinajstić information content (AvgIpc) is 2.72. The minimum atomic E-state index is -0.134. The first-order chi connectivity index (χ1) is 14.3. The van der Waals surface area contributed by atoms with Gasteiger partial charge in [-0.1, -0.05) is 24.3 Å². The van der Waals surface area contributed by atoms with Crippen molar-refractivity contribution >= 4 is 17.6 Å². The highest BCUT2D eigenvalue weighted by Gasteiger charge is 2.12. The third-order valence-corrected chi connectivity index (χ3v) is 5.23. The molecule has 0 radical (unpaired) electrons. The molecule has 1 atom stereocenters. The zero-order valence-electron chi connectivity index (χ0n) is 18.6. The van der Waals surface area contributed by atoms with Gasteiger partial charge in [-0.05, 0) is 69.5 Å². The van der Waals surface area contributed by atoms with E-state index in [4.69, 9.17) is 4.74 Å². The quantitative estimate of drug-likeness (QED) is 0.621. The molecule has 2 rings (SSSR count). The van der Waals surface area contributed by atoms with Gasteiger partial charge < -0.3 is 20.3 Å². The number of ether oxygens (including phenoxy) is 1. The monoisotopic (exact) mass is 411 g/mol. The Morgan fingerprint density at radius 2 is 1.70 bits per heavy atom. The molecule has 0 saturated heterocycles.